The molecule has 0 heterocycles. The second-order valence-corrected chi connectivity index (χ2v) is 5.16. The van der Waals surface area contributed by atoms with Crippen molar-refractivity contribution in [3.63, 3.8) is 0 Å². The van der Waals surface area contributed by atoms with Gasteiger partial charge < -0.3 is 0 Å². The van der Waals surface area contributed by atoms with Crippen molar-refractivity contribution in [2.45, 2.75) is 50.4 Å². The van der Waals surface area contributed by atoms with Crippen molar-refractivity contribution in [1.29, 1.82) is 0 Å². The first kappa shape index (κ1) is 11.3. The maximum atomic E-state index is 3.34. The minimum atomic E-state index is 0.0815. The van der Waals surface area contributed by atoms with E-state index in [1.165, 1.54) is 30.2 Å². The van der Waals surface area contributed by atoms with Crippen LogP contribution in [0.25, 0.3) is 0 Å². The van der Waals surface area contributed by atoms with E-state index in [0.29, 0.717) is 0 Å². The van der Waals surface area contributed by atoms with Gasteiger partial charge in [0.05, 0.1) is 0 Å². The third-order valence-corrected chi connectivity index (χ3v) is 3.63. The molecule has 0 atom stereocenters. The molecule has 0 aliphatic heterocycles. The van der Waals surface area contributed by atoms with Gasteiger partial charge in [0.2, 0.25) is 0 Å². The Bertz CT molecular complexity index is 119. The van der Waals surface area contributed by atoms with E-state index in [4.69, 9.17) is 0 Å². The Morgan fingerprint density at radius 2 is 1.82 bits per heavy atom. The monoisotopic (exact) mass is 268 g/mol. The van der Waals surface area contributed by atoms with Crippen molar-refractivity contribution in [2.24, 2.45) is 0 Å². The average Bonchev–Trinajstić information content (AvgIpc) is 2.03. The van der Waals surface area contributed by atoms with Crippen LogP contribution in [0.4, 0.5) is 0 Å². The van der Waals surface area contributed by atoms with Gasteiger partial charge in [-0.05, 0) is 0 Å². The molecule has 0 aromatic heterocycles. The van der Waals surface area contributed by atoms with Crippen LogP contribution in [0.3, 0.4) is 0 Å². The van der Waals surface area contributed by atoms with Crippen molar-refractivity contribution in [1.82, 2.24) is 0 Å². The molecule has 0 spiro atoms. The Kier molecular flexibility index (Phi) is 10.7. The molecule has 0 saturated heterocycles. The van der Waals surface area contributed by atoms with Gasteiger partial charge in [-0.1, -0.05) is 0 Å². The quantitative estimate of drug-likeness (QED) is 0.407. The van der Waals surface area contributed by atoms with Gasteiger partial charge in [-0.3, -0.25) is 0 Å². The molecule has 0 aromatic rings. The van der Waals surface area contributed by atoms with Crippen molar-refractivity contribution in [2.75, 3.05) is 0 Å². The van der Waals surface area contributed by atoms with Gasteiger partial charge in [-0.15, -0.1) is 0 Å². The number of unbranched alkanes of at least 4 members (excludes halogenated alkanes) is 3. The molecule has 0 fully saturated rings. The fraction of sp³-hybridized carbons (Fsp3) is 0.800. The predicted octanol–water partition coefficient (Wildman–Crippen LogP) is 3.06. The summed E-state index contributed by atoms with van der Waals surface area (Å²) in [5.74, 6) is 3.25. The van der Waals surface area contributed by atoms with Crippen LogP contribution in [0, 0.1) is 9.89 Å². The fourth-order valence-corrected chi connectivity index (χ4v) is 2.74. The Labute approximate surface area is 81.2 Å². The Hall–Kier alpha value is 0.350. The molecule has 0 nitrogen and oxygen atoms in total. The number of hydrogen-bond donors (Lipinski definition) is 0. The fourth-order valence-electron chi connectivity index (χ4n) is 0.635. The van der Waals surface area contributed by atoms with E-state index in [2.05, 4.69) is 23.7 Å². The van der Waals surface area contributed by atoms with Crippen molar-refractivity contribution < 1.29 is 0 Å². The summed E-state index contributed by atoms with van der Waals surface area (Å²) in [6, 6.07) is 0. The molecule has 0 aliphatic rings. The topological polar surface area (TPSA) is 0 Å². The summed E-state index contributed by atoms with van der Waals surface area (Å²) in [5.41, 5.74) is 0. The van der Waals surface area contributed by atoms with Crippen LogP contribution in [-0.2, 0) is 0 Å². The van der Waals surface area contributed by atoms with E-state index in [-0.39, 0.29) is 20.9 Å². The first-order valence-electron chi connectivity index (χ1n) is 4.51. The SMILES string of the molecule is CCCCC#C[Te]CCCC. The van der Waals surface area contributed by atoms with Gasteiger partial charge in [-0.25, -0.2) is 0 Å². The van der Waals surface area contributed by atoms with Crippen molar-refractivity contribution >= 4 is 20.9 Å². The molecule has 64 valence electrons. The van der Waals surface area contributed by atoms with Gasteiger partial charge in [-0.2, -0.15) is 0 Å². The van der Waals surface area contributed by atoms with E-state index in [9.17, 15) is 0 Å². The Morgan fingerprint density at radius 3 is 2.45 bits per heavy atom. The molecule has 11 heavy (non-hydrogen) atoms. The number of hydrogen-bond acceptors (Lipinski definition) is 0. The molecule has 0 unspecified atom stereocenters. The van der Waals surface area contributed by atoms with Gasteiger partial charge in [0.15, 0.2) is 0 Å². The second kappa shape index (κ2) is 10.3. The standard InChI is InChI=1S/C10H18Te/c1-3-5-7-8-10-11-9-6-4-2/h3-7,9H2,1-2H3. The van der Waals surface area contributed by atoms with E-state index in [1.807, 2.05) is 0 Å². The first-order chi connectivity index (χ1) is 5.41. The van der Waals surface area contributed by atoms with Crippen LogP contribution in [0.2, 0.25) is 4.47 Å². The second-order valence-electron chi connectivity index (χ2n) is 2.58. The van der Waals surface area contributed by atoms with Crippen LogP contribution in [-0.4, -0.2) is 20.9 Å². The van der Waals surface area contributed by atoms with Crippen molar-refractivity contribution in [3.8, 4) is 9.89 Å². The summed E-state index contributed by atoms with van der Waals surface area (Å²) in [5, 5.41) is 0. The van der Waals surface area contributed by atoms with Crippen LogP contribution in [0.15, 0.2) is 0 Å². The third kappa shape index (κ3) is 10.3. The van der Waals surface area contributed by atoms with E-state index in [1.54, 1.807) is 0 Å². The first-order valence-corrected chi connectivity index (χ1v) is 7.32. The summed E-state index contributed by atoms with van der Waals surface area (Å²) in [6.45, 7) is 4.47. The normalized spacial score (nSPS) is 8.91. The van der Waals surface area contributed by atoms with Crippen LogP contribution >= 0.6 is 0 Å². The molecule has 0 N–H and O–H groups in total. The zero-order chi connectivity index (χ0) is 8.36. The zero-order valence-corrected chi connectivity index (χ0v) is 9.98. The molecule has 0 radical (unpaired) electrons. The number of rotatable bonds is 5. The molecule has 0 aromatic carbocycles. The Balaban J connectivity index is 2.99. The summed E-state index contributed by atoms with van der Waals surface area (Å²) >= 11 is 0.0815. The molecule has 0 bridgehead atoms. The average molecular weight is 266 g/mol. The molecule has 0 rings (SSSR count). The molecule has 0 saturated carbocycles. The van der Waals surface area contributed by atoms with Gasteiger partial charge >= 0.3 is 81.2 Å². The van der Waals surface area contributed by atoms with Gasteiger partial charge in [0.25, 0.3) is 0 Å². The summed E-state index contributed by atoms with van der Waals surface area (Å²) in [4.78, 5) is 0. The van der Waals surface area contributed by atoms with Crippen molar-refractivity contribution in [3.05, 3.63) is 0 Å². The molecule has 1 heteroatoms. The van der Waals surface area contributed by atoms with E-state index in [0.717, 1.165) is 6.42 Å². The summed E-state index contributed by atoms with van der Waals surface area (Å²) < 4.78 is 4.75. The Morgan fingerprint density at radius 1 is 1.09 bits per heavy atom. The predicted molar refractivity (Wildman–Crippen MR) is 52.8 cm³/mol. The molecular formula is C10H18Te. The van der Waals surface area contributed by atoms with E-state index >= 15 is 0 Å². The summed E-state index contributed by atoms with van der Waals surface area (Å²) in [7, 11) is 0. The maximum absolute atomic E-state index is 3.34. The summed E-state index contributed by atoms with van der Waals surface area (Å²) in [6.07, 6.45) is 6.43. The van der Waals surface area contributed by atoms with Crippen LogP contribution in [0.1, 0.15) is 46.0 Å². The zero-order valence-electron chi connectivity index (χ0n) is 7.65. The van der Waals surface area contributed by atoms with Crippen LogP contribution in [0.5, 0.6) is 0 Å². The minimum absolute atomic E-state index is 0.0815. The van der Waals surface area contributed by atoms with E-state index < -0.39 is 0 Å². The molecular weight excluding hydrogens is 248 g/mol. The van der Waals surface area contributed by atoms with Gasteiger partial charge in [0.1, 0.15) is 0 Å². The molecule has 0 amide bonds. The molecule has 0 aliphatic carbocycles. The van der Waals surface area contributed by atoms with Gasteiger partial charge in [0, 0.05) is 0 Å². The van der Waals surface area contributed by atoms with Crippen LogP contribution < -0.4 is 0 Å². The third-order valence-electron chi connectivity index (χ3n) is 1.40.